The minimum absolute atomic E-state index is 0.149. The molecule has 1 aromatic rings. The van der Waals surface area contributed by atoms with Gasteiger partial charge in [-0.15, -0.1) is 0 Å². The van der Waals surface area contributed by atoms with Crippen LogP contribution in [0.25, 0.3) is 0 Å². The normalized spacial score (nSPS) is 11.2. The van der Waals surface area contributed by atoms with Crippen molar-refractivity contribution in [3.63, 3.8) is 0 Å². The lowest BCUT2D eigenvalue weighted by Crippen LogP contribution is -2.31. The Morgan fingerprint density at radius 1 is 1.38 bits per heavy atom. The SMILES string of the molecule is Cc1cc([N+](=O)[O-])ccc1NC[Si](C)(C)C. The zero-order valence-corrected chi connectivity index (χ0v) is 11.2. The average molecular weight is 238 g/mol. The molecule has 16 heavy (non-hydrogen) atoms. The molecule has 0 unspecified atom stereocenters. The van der Waals surface area contributed by atoms with Crippen molar-refractivity contribution in [3.8, 4) is 0 Å². The summed E-state index contributed by atoms with van der Waals surface area (Å²) in [7, 11) is -1.14. The smallest absolute Gasteiger partial charge is 0.269 e. The maximum atomic E-state index is 10.6. The third kappa shape index (κ3) is 3.66. The lowest BCUT2D eigenvalue weighted by atomic mass is 10.2. The van der Waals surface area contributed by atoms with Crippen LogP contribution in [0.5, 0.6) is 0 Å². The molecule has 0 amide bonds. The van der Waals surface area contributed by atoms with Crippen molar-refractivity contribution in [3.05, 3.63) is 33.9 Å². The summed E-state index contributed by atoms with van der Waals surface area (Å²) >= 11 is 0. The first-order chi connectivity index (χ1) is 7.29. The molecule has 0 spiro atoms. The Morgan fingerprint density at radius 2 is 2.00 bits per heavy atom. The first-order valence-electron chi connectivity index (χ1n) is 5.28. The predicted octanol–water partition coefficient (Wildman–Crippen LogP) is 3.19. The van der Waals surface area contributed by atoms with Gasteiger partial charge in [0.2, 0.25) is 0 Å². The third-order valence-corrected chi connectivity index (χ3v) is 3.47. The lowest BCUT2D eigenvalue weighted by molar-refractivity contribution is -0.384. The van der Waals surface area contributed by atoms with Crippen LogP contribution in [0.2, 0.25) is 19.6 Å². The van der Waals surface area contributed by atoms with Crippen LogP contribution >= 0.6 is 0 Å². The molecule has 0 saturated carbocycles. The second-order valence-corrected chi connectivity index (χ2v) is 10.6. The van der Waals surface area contributed by atoms with Gasteiger partial charge in [-0.1, -0.05) is 19.6 Å². The molecule has 0 bridgehead atoms. The highest BCUT2D eigenvalue weighted by atomic mass is 28.3. The van der Waals surface area contributed by atoms with Gasteiger partial charge < -0.3 is 5.32 Å². The van der Waals surface area contributed by atoms with Crippen LogP contribution in [0.3, 0.4) is 0 Å². The Morgan fingerprint density at radius 3 is 2.44 bits per heavy atom. The molecule has 88 valence electrons. The highest BCUT2D eigenvalue weighted by molar-refractivity contribution is 6.76. The van der Waals surface area contributed by atoms with E-state index in [1.165, 1.54) is 0 Å². The van der Waals surface area contributed by atoms with E-state index in [-0.39, 0.29) is 10.6 Å². The molecule has 0 atom stereocenters. The number of aryl methyl sites for hydroxylation is 1. The molecule has 0 fully saturated rings. The number of nitro benzene ring substituents is 1. The molecule has 4 nitrogen and oxygen atoms in total. The number of anilines is 1. The molecule has 1 aromatic carbocycles. The molecular weight excluding hydrogens is 220 g/mol. The molecule has 0 aliphatic carbocycles. The number of hydrogen-bond donors (Lipinski definition) is 1. The van der Waals surface area contributed by atoms with Gasteiger partial charge in [-0.05, 0) is 18.6 Å². The maximum Gasteiger partial charge on any atom is 0.269 e. The highest BCUT2D eigenvalue weighted by Gasteiger charge is 2.14. The summed E-state index contributed by atoms with van der Waals surface area (Å²) in [5, 5.41) is 13.9. The van der Waals surface area contributed by atoms with Gasteiger partial charge in [0.1, 0.15) is 0 Å². The third-order valence-electron chi connectivity index (χ3n) is 2.23. The summed E-state index contributed by atoms with van der Waals surface area (Å²) in [6.07, 6.45) is 0.978. The predicted molar refractivity (Wildman–Crippen MR) is 69.7 cm³/mol. The van der Waals surface area contributed by atoms with E-state index in [4.69, 9.17) is 0 Å². The highest BCUT2D eigenvalue weighted by Crippen LogP contribution is 2.21. The average Bonchev–Trinajstić information content (AvgIpc) is 2.14. The number of nitrogens with one attached hydrogen (secondary N) is 1. The van der Waals surface area contributed by atoms with Crippen molar-refractivity contribution in [1.29, 1.82) is 0 Å². The summed E-state index contributed by atoms with van der Waals surface area (Å²) in [6.45, 7) is 8.72. The molecule has 0 heterocycles. The summed E-state index contributed by atoms with van der Waals surface area (Å²) in [4.78, 5) is 10.2. The molecule has 1 rings (SSSR count). The molecule has 0 aliphatic rings. The standard InChI is InChI=1S/C11H18N2O2Si/c1-9-7-10(13(14)15)5-6-11(9)12-8-16(2,3)4/h5-7,12H,8H2,1-4H3. The number of nitro groups is 1. The quantitative estimate of drug-likeness (QED) is 0.498. The molecule has 1 N–H and O–H groups in total. The van der Waals surface area contributed by atoms with Crippen LogP contribution in [0.1, 0.15) is 5.56 Å². The van der Waals surface area contributed by atoms with Crippen LogP contribution in [-0.4, -0.2) is 19.2 Å². The fourth-order valence-electron chi connectivity index (χ4n) is 1.32. The topological polar surface area (TPSA) is 55.2 Å². The molecule has 0 radical (unpaired) electrons. The summed E-state index contributed by atoms with van der Waals surface area (Å²) in [6, 6.07) is 4.93. The number of nitrogens with zero attached hydrogens (tertiary/aromatic N) is 1. The van der Waals surface area contributed by atoms with Crippen molar-refractivity contribution in [1.82, 2.24) is 0 Å². The van der Waals surface area contributed by atoms with Gasteiger partial charge in [0.15, 0.2) is 0 Å². The Balaban J connectivity index is 2.80. The van der Waals surface area contributed by atoms with Gasteiger partial charge >= 0.3 is 0 Å². The Kier molecular flexibility index (Phi) is 3.69. The maximum absolute atomic E-state index is 10.6. The summed E-state index contributed by atoms with van der Waals surface area (Å²) in [5.41, 5.74) is 2.07. The van der Waals surface area contributed by atoms with E-state index in [2.05, 4.69) is 25.0 Å². The molecule has 5 heteroatoms. The van der Waals surface area contributed by atoms with Crippen molar-refractivity contribution >= 4 is 19.4 Å². The largest absolute Gasteiger partial charge is 0.388 e. The second-order valence-electron chi connectivity index (χ2n) is 5.17. The Labute approximate surface area is 96.8 Å². The molecule has 0 aliphatic heterocycles. The minimum atomic E-state index is -1.14. The van der Waals surface area contributed by atoms with Gasteiger partial charge in [0.25, 0.3) is 5.69 Å². The van der Waals surface area contributed by atoms with Crippen molar-refractivity contribution < 1.29 is 4.92 Å². The van der Waals surface area contributed by atoms with Gasteiger partial charge in [0, 0.05) is 24.0 Å². The molecule has 0 aromatic heterocycles. The van der Waals surface area contributed by atoms with Crippen molar-refractivity contribution in [2.75, 3.05) is 11.5 Å². The van der Waals surface area contributed by atoms with E-state index < -0.39 is 8.07 Å². The van der Waals surface area contributed by atoms with Gasteiger partial charge in [-0.2, -0.15) is 0 Å². The fourth-order valence-corrected chi connectivity index (χ4v) is 2.04. The first-order valence-corrected chi connectivity index (χ1v) is 8.99. The van der Waals surface area contributed by atoms with Crippen LogP contribution in [0.4, 0.5) is 11.4 Å². The first kappa shape index (κ1) is 12.7. The van der Waals surface area contributed by atoms with Gasteiger partial charge in [0.05, 0.1) is 13.0 Å². The van der Waals surface area contributed by atoms with Crippen molar-refractivity contribution in [2.24, 2.45) is 0 Å². The van der Waals surface area contributed by atoms with E-state index >= 15 is 0 Å². The summed E-state index contributed by atoms with van der Waals surface area (Å²) in [5.74, 6) is 0. The van der Waals surface area contributed by atoms with Crippen LogP contribution < -0.4 is 5.32 Å². The van der Waals surface area contributed by atoms with Crippen molar-refractivity contribution in [2.45, 2.75) is 26.6 Å². The fraction of sp³-hybridized carbons (Fsp3) is 0.455. The Bertz CT molecular complexity index is 399. The van der Waals surface area contributed by atoms with E-state index in [1.807, 2.05) is 6.92 Å². The molecule has 0 saturated heterocycles. The number of rotatable bonds is 4. The lowest BCUT2D eigenvalue weighted by Gasteiger charge is -2.18. The minimum Gasteiger partial charge on any atom is -0.388 e. The van der Waals surface area contributed by atoms with Crippen LogP contribution in [-0.2, 0) is 0 Å². The summed E-state index contributed by atoms with van der Waals surface area (Å²) < 4.78 is 0. The monoisotopic (exact) mass is 238 g/mol. The van der Waals surface area contributed by atoms with Gasteiger partial charge in [-0.3, -0.25) is 10.1 Å². The number of benzene rings is 1. The van der Waals surface area contributed by atoms with E-state index in [0.29, 0.717) is 0 Å². The van der Waals surface area contributed by atoms with E-state index in [9.17, 15) is 10.1 Å². The van der Waals surface area contributed by atoms with Crippen LogP contribution in [0, 0.1) is 17.0 Å². The van der Waals surface area contributed by atoms with E-state index in [1.54, 1.807) is 18.2 Å². The second kappa shape index (κ2) is 4.65. The van der Waals surface area contributed by atoms with Gasteiger partial charge in [-0.25, -0.2) is 0 Å². The van der Waals surface area contributed by atoms with E-state index in [0.717, 1.165) is 17.4 Å². The number of non-ortho nitro benzene ring substituents is 1. The zero-order chi connectivity index (χ0) is 12.3. The molecular formula is C11H18N2O2Si. The van der Waals surface area contributed by atoms with Crippen LogP contribution in [0.15, 0.2) is 18.2 Å². The zero-order valence-electron chi connectivity index (χ0n) is 10.2. The number of hydrogen-bond acceptors (Lipinski definition) is 3. The Hall–Kier alpha value is -1.36.